The summed E-state index contributed by atoms with van der Waals surface area (Å²) in [6.45, 7) is 2.75. The van der Waals surface area contributed by atoms with Gasteiger partial charge in [0.15, 0.2) is 11.5 Å². The quantitative estimate of drug-likeness (QED) is 0.352. The number of nitrogens with one attached hydrogen (secondary N) is 2. The number of fused-ring (bicyclic) bond motifs is 3. The molecule has 2 bridgehead atoms. The number of amides is 3. The number of urea groups is 1. The number of nitrogens with zero attached hydrogens (tertiary/aromatic N) is 7. The van der Waals surface area contributed by atoms with E-state index in [0.717, 1.165) is 61.2 Å². The molecule has 13 nitrogen and oxygen atoms in total. The second kappa shape index (κ2) is 11.5. The van der Waals surface area contributed by atoms with Gasteiger partial charge >= 0.3 is 12.1 Å². The Labute approximate surface area is 248 Å². The van der Waals surface area contributed by atoms with E-state index in [4.69, 9.17) is 24.5 Å². The number of carbonyl (C=O) groups excluding carboxylic acids is 2. The summed E-state index contributed by atoms with van der Waals surface area (Å²) in [4.78, 5) is 42.6. The van der Waals surface area contributed by atoms with Crippen molar-refractivity contribution in [3.63, 3.8) is 0 Å². The Bertz CT molecular complexity index is 1610. The second-order valence-electron chi connectivity index (χ2n) is 11.1. The van der Waals surface area contributed by atoms with E-state index < -0.39 is 0 Å². The Balaban J connectivity index is 1.18. The number of benzene rings is 1. The number of anilines is 3. The van der Waals surface area contributed by atoms with Gasteiger partial charge in [0.1, 0.15) is 5.82 Å². The van der Waals surface area contributed by atoms with Crippen LogP contribution >= 0.6 is 0 Å². The number of methoxy groups -OCH3 is 1. The lowest BCUT2D eigenvalue weighted by Crippen LogP contribution is -2.43. The molecule has 0 radical (unpaired) electrons. The molecule has 3 fully saturated rings. The number of aromatic nitrogens is 5. The number of rotatable bonds is 5. The highest BCUT2D eigenvalue weighted by Gasteiger charge is 2.36. The van der Waals surface area contributed by atoms with Crippen molar-refractivity contribution < 1.29 is 19.1 Å². The lowest BCUT2D eigenvalue weighted by Gasteiger charge is -2.33. The van der Waals surface area contributed by atoms with E-state index >= 15 is 0 Å². The van der Waals surface area contributed by atoms with E-state index in [-0.39, 0.29) is 30.4 Å². The Morgan fingerprint density at radius 3 is 2.26 bits per heavy atom. The largest absolute Gasteiger partial charge is 0.453 e. The van der Waals surface area contributed by atoms with Gasteiger partial charge in [0.2, 0.25) is 0 Å². The maximum absolute atomic E-state index is 12.5. The number of pyridine rings is 1. The Morgan fingerprint density at radius 2 is 1.58 bits per heavy atom. The van der Waals surface area contributed by atoms with Crippen molar-refractivity contribution in [2.45, 2.75) is 43.9 Å². The fourth-order valence-corrected chi connectivity index (χ4v) is 6.19. The third-order valence-corrected chi connectivity index (χ3v) is 8.36. The zero-order valence-electron chi connectivity index (χ0n) is 23.8. The van der Waals surface area contributed by atoms with Gasteiger partial charge in [-0.1, -0.05) is 0 Å². The van der Waals surface area contributed by atoms with Crippen LogP contribution in [-0.2, 0) is 9.47 Å². The maximum atomic E-state index is 12.5. The summed E-state index contributed by atoms with van der Waals surface area (Å²) in [5.74, 6) is 1.44. The summed E-state index contributed by atoms with van der Waals surface area (Å²) < 4.78 is 13.0. The van der Waals surface area contributed by atoms with Crippen LogP contribution in [0.3, 0.4) is 0 Å². The van der Waals surface area contributed by atoms with Gasteiger partial charge in [-0.15, -0.1) is 0 Å². The number of hydrogen-bond acceptors (Lipinski definition) is 9. The van der Waals surface area contributed by atoms with E-state index in [2.05, 4.69) is 20.5 Å². The number of carbonyl (C=O) groups is 2. The normalized spacial score (nSPS) is 20.3. The van der Waals surface area contributed by atoms with Crippen LogP contribution in [0.15, 0.2) is 55.0 Å². The summed E-state index contributed by atoms with van der Waals surface area (Å²) >= 11 is 0. The molecule has 0 aliphatic carbocycles. The van der Waals surface area contributed by atoms with Crippen molar-refractivity contribution in [2.75, 3.05) is 48.8 Å². The number of morpholine rings is 1. The Morgan fingerprint density at radius 1 is 0.907 bits per heavy atom. The second-order valence-corrected chi connectivity index (χ2v) is 11.1. The molecule has 3 saturated heterocycles. The molecule has 0 saturated carbocycles. The Hall–Kier alpha value is -4.78. The van der Waals surface area contributed by atoms with Crippen molar-refractivity contribution in [3.05, 3.63) is 55.0 Å². The molecular formula is C30H33N9O4. The van der Waals surface area contributed by atoms with Gasteiger partial charge < -0.3 is 29.9 Å². The van der Waals surface area contributed by atoms with Gasteiger partial charge in [-0.05, 0) is 62.1 Å². The predicted octanol–water partition coefficient (Wildman–Crippen LogP) is 4.30. The molecule has 1 aromatic carbocycles. The van der Waals surface area contributed by atoms with Crippen molar-refractivity contribution in [3.8, 4) is 11.4 Å². The molecular weight excluding hydrogens is 550 g/mol. The molecule has 2 N–H and O–H groups in total. The third-order valence-electron chi connectivity index (χ3n) is 8.36. The van der Waals surface area contributed by atoms with Crippen LogP contribution in [0.5, 0.6) is 0 Å². The van der Waals surface area contributed by atoms with Gasteiger partial charge in [-0.3, -0.25) is 4.98 Å². The highest BCUT2D eigenvalue weighted by atomic mass is 16.5. The summed E-state index contributed by atoms with van der Waals surface area (Å²) in [7, 11) is 1.41. The standard InChI is InChI=1S/C30H33N9O4/c1-42-30(41)37-14-10-22(11-15-37)39-28-25(16-32-39)27(38-17-23-6-7-24(18-38)43-23)35-26(36-28)19-2-4-20(5-3-19)33-29(40)34-21-8-12-31-13-9-21/h2-5,8-9,12-13,16,22-24H,6-7,10-11,14-15,17-18H2,1H3,(H2,31,33,34,40). The molecule has 3 aromatic heterocycles. The minimum absolute atomic E-state index is 0.0976. The number of hydrogen-bond donors (Lipinski definition) is 2. The van der Waals surface area contributed by atoms with Crippen molar-refractivity contribution in [2.24, 2.45) is 0 Å². The number of likely N-dealkylation sites (tertiary alicyclic amines) is 1. The topological polar surface area (TPSA) is 140 Å². The molecule has 6 heterocycles. The molecule has 4 aromatic rings. The van der Waals surface area contributed by atoms with Crippen LogP contribution in [0, 0.1) is 0 Å². The van der Waals surface area contributed by atoms with Gasteiger partial charge in [0, 0.05) is 55.5 Å². The molecule has 2 unspecified atom stereocenters. The summed E-state index contributed by atoms with van der Waals surface area (Å²) in [6.07, 6.45) is 8.84. The van der Waals surface area contributed by atoms with Gasteiger partial charge in [-0.25, -0.2) is 24.2 Å². The predicted molar refractivity (Wildman–Crippen MR) is 160 cm³/mol. The van der Waals surface area contributed by atoms with Gasteiger partial charge in [0.25, 0.3) is 0 Å². The first-order valence-electron chi connectivity index (χ1n) is 14.6. The van der Waals surface area contributed by atoms with Crippen LogP contribution in [0.4, 0.5) is 26.8 Å². The van der Waals surface area contributed by atoms with Crippen molar-refractivity contribution in [1.82, 2.24) is 29.6 Å². The van der Waals surface area contributed by atoms with E-state index in [0.29, 0.717) is 30.3 Å². The van der Waals surface area contributed by atoms with Crippen molar-refractivity contribution in [1.29, 1.82) is 0 Å². The van der Waals surface area contributed by atoms with E-state index in [1.807, 2.05) is 35.1 Å². The molecule has 7 rings (SSSR count). The minimum Gasteiger partial charge on any atom is -0.453 e. The number of piperidine rings is 1. The van der Waals surface area contributed by atoms with Gasteiger partial charge in [-0.2, -0.15) is 5.10 Å². The SMILES string of the molecule is COC(=O)N1CCC(n2ncc3c(N4CC5CCC(C4)O5)nc(-c4ccc(NC(=O)Nc5ccncc5)cc4)nc32)CC1. The third kappa shape index (κ3) is 5.55. The fourth-order valence-electron chi connectivity index (χ4n) is 6.19. The lowest BCUT2D eigenvalue weighted by molar-refractivity contribution is 0.0303. The zero-order chi connectivity index (χ0) is 29.3. The number of ether oxygens (including phenoxy) is 2. The Kier molecular flexibility index (Phi) is 7.23. The lowest BCUT2D eigenvalue weighted by atomic mass is 10.1. The molecule has 3 amide bonds. The fraction of sp³-hybridized carbons (Fsp3) is 0.400. The first-order valence-corrected chi connectivity index (χ1v) is 14.6. The summed E-state index contributed by atoms with van der Waals surface area (Å²) in [5, 5.41) is 11.4. The smallest absolute Gasteiger partial charge is 0.409 e. The van der Waals surface area contributed by atoms with Crippen LogP contribution in [-0.4, -0.2) is 87.3 Å². The molecule has 222 valence electrons. The molecule has 2 atom stereocenters. The monoisotopic (exact) mass is 583 g/mol. The molecule has 3 aliphatic heterocycles. The highest BCUT2D eigenvalue weighted by molar-refractivity contribution is 5.99. The van der Waals surface area contributed by atoms with E-state index in [9.17, 15) is 9.59 Å². The maximum Gasteiger partial charge on any atom is 0.409 e. The van der Waals surface area contributed by atoms with E-state index in [1.54, 1.807) is 29.4 Å². The molecule has 0 spiro atoms. The van der Waals surface area contributed by atoms with E-state index in [1.165, 1.54) is 7.11 Å². The summed E-state index contributed by atoms with van der Waals surface area (Å²) in [5.41, 5.74) is 2.90. The average molecular weight is 584 g/mol. The molecule has 43 heavy (non-hydrogen) atoms. The average Bonchev–Trinajstić information content (AvgIpc) is 3.63. The molecule has 13 heteroatoms. The van der Waals surface area contributed by atoms with Gasteiger partial charge in [0.05, 0.1) is 36.9 Å². The van der Waals surface area contributed by atoms with Crippen LogP contribution in [0.1, 0.15) is 31.7 Å². The highest BCUT2D eigenvalue weighted by Crippen LogP contribution is 2.35. The zero-order valence-corrected chi connectivity index (χ0v) is 23.8. The van der Waals surface area contributed by atoms with Crippen LogP contribution in [0.2, 0.25) is 0 Å². The van der Waals surface area contributed by atoms with Crippen LogP contribution in [0.25, 0.3) is 22.4 Å². The van der Waals surface area contributed by atoms with Crippen LogP contribution < -0.4 is 15.5 Å². The molecule has 3 aliphatic rings. The summed E-state index contributed by atoms with van der Waals surface area (Å²) in [6, 6.07) is 10.7. The minimum atomic E-state index is -0.344. The first kappa shape index (κ1) is 27.1. The van der Waals surface area contributed by atoms with Crippen molar-refractivity contribution >= 4 is 40.4 Å². The first-order chi connectivity index (χ1) is 21.0.